The van der Waals surface area contributed by atoms with Crippen LogP contribution in [-0.4, -0.2) is 93.6 Å². The molecule has 3 heterocycles. The number of hydrogen-bond donors (Lipinski definition) is 1. The van der Waals surface area contributed by atoms with Crippen molar-refractivity contribution in [3.05, 3.63) is 49.6 Å². The number of ether oxygens (including phenoxy) is 2. The minimum atomic E-state index is -1.19. The third kappa shape index (κ3) is 5.44. The Hall–Kier alpha value is -2.69. The summed E-state index contributed by atoms with van der Waals surface area (Å²) in [6, 6.07) is 5.75. The van der Waals surface area contributed by atoms with Gasteiger partial charge >= 0.3 is 0 Å². The molecule has 2 bridgehead atoms. The number of rotatable bonds is 12. The second-order valence-electron chi connectivity index (χ2n) is 12.2. The van der Waals surface area contributed by atoms with Crippen LogP contribution in [0.1, 0.15) is 52.4 Å². The molecule has 4 fully saturated rings. The van der Waals surface area contributed by atoms with Crippen LogP contribution in [0.2, 0.25) is 0 Å². The summed E-state index contributed by atoms with van der Waals surface area (Å²) in [4.78, 5) is 48.3. The third-order valence-electron chi connectivity index (χ3n) is 9.65. The van der Waals surface area contributed by atoms with Gasteiger partial charge in [-0.05, 0) is 57.4 Å². The van der Waals surface area contributed by atoms with Gasteiger partial charge in [-0.15, -0.1) is 13.2 Å². The zero-order valence-corrected chi connectivity index (χ0v) is 26.8. The van der Waals surface area contributed by atoms with Crippen LogP contribution in [0.3, 0.4) is 0 Å². The van der Waals surface area contributed by atoms with Gasteiger partial charge in [0.2, 0.25) is 17.7 Å². The van der Waals surface area contributed by atoms with Crippen molar-refractivity contribution in [3.63, 3.8) is 0 Å². The lowest BCUT2D eigenvalue weighted by Gasteiger charge is -2.42. The van der Waals surface area contributed by atoms with Crippen LogP contribution in [0.15, 0.2) is 49.6 Å². The third-order valence-corrected chi connectivity index (χ3v) is 10.5. The number of fused-ring (bicyclic) bond motifs is 1. The topological polar surface area (TPSA) is 99.6 Å². The number of carbonyl (C=O) groups excluding carboxylic acids is 3. The second kappa shape index (κ2) is 13.1. The van der Waals surface area contributed by atoms with Crippen molar-refractivity contribution in [2.24, 2.45) is 11.8 Å². The molecule has 10 heteroatoms. The summed E-state index contributed by atoms with van der Waals surface area (Å²) < 4.78 is 12.3. The number of anilines is 1. The number of likely N-dealkylation sites (tertiary alicyclic amines) is 1. The standard InChI is InChI=1S/C33H44BrN3O6/c1-5-17-35(23-13-15-24(16-14-23)42-7-3)30(39)26-27-31(40)37(21(4)20-38)29(33(27)19-25(34)28(26)43-33)32(41)36(18-6-2)22-11-9-8-10-12-22/h5-6,13-16,21-22,25-29,38H,1-2,7-12,17-20H2,3-4H3/t21-,25?,26-,27+,28-,29?,33?/m1/s1. The SMILES string of the molecule is C=CCN(C(=O)[C@H]1[C@@H]2OC3(CC2Br)C(C(=O)N(CC=C)C2CCCCC2)N([C@H](C)CO)C(=O)[C@H]13)c1ccc(OCC)cc1. The van der Waals surface area contributed by atoms with E-state index < -0.39 is 35.6 Å². The molecule has 1 aromatic carbocycles. The highest BCUT2D eigenvalue weighted by atomic mass is 79.9. The highest BCUT2D eigenvalue weighted by Crippen LogP contribution is 2.61. The first-order chi connectivity index (χ1) is 20.7. The van der Waals surface area contributed by atoms with E-state index in [1.165, 1.54) is 4.90 Å². The highest BCUT2D eigenvalue weighted by molar-refractivity contribution is 9.09. The fraction of sp³-hybridized carbons (Fsp3) is 0.606. The van der Waals surface area contributed by atoms with Gasteiger partial charge in [0.25, 0.3) is 0 Å². The van der Waals surface area contributed by atoms with Gasteiger partial charge in [-0.1, -0.05) is 47.3 Å². The van der Waals surface area contributed by atoms with E-state index in [1.54, 1.807) is 24.0 Å². The van der Waals surface area contributed by atoms with Crippen molar-refractivity contribution in [3.8, 4) is 5.75 Å². The Balaban J connectivity index is 1.54. The Labute approximate surface area is 263 Å². The monoisotopic (exact) mass is 657 g/mol. The van der Waals surface area contributed by atoms with Gasteiger partial charge in [0.1, 0.15) is 17.4 Å². The molecule has 5 rings (SSSR count). The lowest BCUT2D eigenvalue weighted by Crippen LogP contribution is -2.60. The molecule has 1 spiro atoms. The van der Waals surface area contributed by atoms with Crippen LogP contribution in [0.4, 0.5) is 5.69 Å². The molecule has 4 aliphatic rings. The molecule has 43 heavy (non-hydrogen) atoms. The lowest BCUT2D eigenvalue weighted by molar-refractivity contribution is -0.152. The van der Waals surface area contributed by atoms with Crippen molar-refractivity contribution in [2.75, 3.05) is 31.2 Å². The molecule has 1 aromatic rings. The van der Waals surface area contributed by atoms with Gasteiger partial charge in [-0.3, -0.25) is 14.4 Å². The molecule has 1 aliphatic carbocycles. The normalized spacial score (nSPS) is 30.6. The Bertz CT molecular complexity index is 1220. The van der Waals surface area contributed by atoms with E-state index in [-0.39, 0.29) is 41.7 Å². The van der Waals surface area contributed by atoms with Crippen LogP contribution in [0, 0.1) is 11.8 Å². The first-order valence-corrected chi connectivity index (χ1v) is 16.5. The maximum Gasteiger partial charge on any atom is 0.248 e. The number of carbonyl (C=O) groups is 3. The van der Waals surface area contributed by atoms with Crippen molar-refractivity contribution < 1.29 is 29.0 Å². The van der Waals surface area contributed by atoms with Crippen LogP contribution >= 0.6 is 15.9 Å². The van der Waals surface area contributed by atoms with E-state index in [4.69, 9.17) is 9.47 Å². The molecule has 9 nitrogen and oxygen atoms in total. The largest absolute Gasteiger partial charge is 0.494 e. The fourth-order valence-electron chi connectivity index (χ4n) is 7.82. The zero-order chi connectivity index (χ0) is 30.9. The van der Waals surface area contributed by atoms with Gasteiger partial charge in [0.15, 0.2) is 0 Å². The minimum absolute atomic E-state index is 0.0506. The maximum atomic E-state index is 14.6. The van der Waals surface area contributed by atoms with Gasteiger partial charge < -0.3 is 29.3 Å². The number of hydrogen-bond acceptors (Lipinski definition) is 6. The summed E-state index contributed by atoms with van der Waals surface area (Å²) >= 11 is 3.77. The Morgan fingerprint density at radius 1 is 1.16 bits per heavy atom. The molecule has 0 aromatic heterocycles. The molecule has 234 valence electrons. The van der Waals surface area contributed by atoms with Crippen molar-refractivity contribution in [1.29, 1.82) is 0 Å². The van der Waals surface area contributed by atoms with E-state index in [2.05, 4.69) is 29.1 Å². The number of aliphatic hydroxyl groups excluding tert-OH is 1. The summed E-state index contributed by atoms with van der Waals surface area (Å²) in [5, 5.41) is 10.2. The molecule has 1 saturated carbocycles. The second-order valence-corrected chi connectivity index (χ2v) is 13.4. The fourth-order valence-corrected chi connectivity index (χ4v) is 8.76. The van der Waals surface area contributed by atoms with E-state index in [1.807, 2.05) is 36.1 Å². The summed E-state index contributed by atoms with van der Waals surface area (Å²) in [5.41, 5.74) is -0.534. The lowest BCUT2D eigenvalue weighted by atomic mass is 9.70. The van der Waals surface area contributed by atoms with E-state index in [0.29, 0.717) is 31.0 Å². The smallest absolute Gasteiger partial charge is 0.248 e. The zero-order valence-electron chi connectivity index (χ0n) is 25.2. The summed E-state index contributed by atoms with van der Waals surface area (Å²) in [6.45, 7) is 12.3. The summed E-state index contributed by atoms with van der Waals surface area (Å²) in [5.74, 6) is -1.72. The van der Waals surface area contributed by atoms with Gasteiger partial charge in [-0.25, -0.2) is 0 Å². The Kier molecular flexibility index (Phi) is 9.68. The summed E-state index contributed by atoms with van der Waals surface area (Å²) in [7, 11) is 0. The van der Waals surface area contributed by atoms with Crippen molar-refractivity contribution in [2.45, 2.75) is 87.0 Å². The van der Waals surface area contributed by atoms with E-state index >= 15 is 0 Å². The molecule has 3 aliphatic heterocycles. The number of nitrogens with zero attached hydrogens (tertiary/aromatic N) is 3. The van der Waals surface area contributed by atoms with Crippen LogP contribution in [0.25, 0.3) is 0 Å². The number of benzene rings is 1. The first-order valence-electron chi connectivity index (χ1n) is 15.5. The first kappa shape index (κ1) is 31.7. The molecule has 7 atom stereocenters. The summed E-state index contributed by atoms with van der Waals surface area (Å²) in [6.07, 6.45) is 8.25. The van der Waals surface area contributed by atoms with Crippen LogP contribution in [0.5, 0.6) is 5.75 Å². The molecule has 1 N–H and O–H groups in total. The molecule has 3 amide bonds. The molecular formula is C33H44BrN3O6. The molecular weight excluding hydrogens is 614 g/mol. The van der Waals surface area contributed by atoms with Crippen molar-refractivity contribution in [1.82, 2.24) is 9.80 Å². The number of aliphatic hydroxyl groups is 1. The van der Waals surface area contributed by atoms with Gasteiger partial charge in [0, 0.05) is 29.6 Å². The highest BCUT2D eigenvalue weighted by Gasteiger charge is 2.77. The Morgan fingerprint density at radius 2 is 1.84 bits per heavy atom. The maximum absolute atomic E-state index is 14.6. The van der Waals surface area contributed by atoms with Gasteiger partial charge in [0.05, 0.1) is 37.2 Å². The molecule has 3 unspecified atom stereocenters. The number of alkyl halides is 1. The quantitative estimate of drug-likeness (QED) is 0.269. The average molecular weight is 659 g/mol. The van der Waals surface area contributed by atoms with E-state index in [0.717, 1.165) is 32.1 Å². The Morgan fingerprint density at radius 3 is 2.44 bits per heavy atom. The number of halogens is 1. The predicted molar refractivity (Wildman–Crippen MR) is 168 cm³/mol. The van der Waals surface area contributed by atoms with Gasteiger partial charge in [-0.2, -0.15) is 0 Å². The molecule has 3 saturated heterocycles. The van der Waals surface area contributed by atoms with Crippen LogP contribution in [-0.2, 0) is 19.1 Å². The predicted octanol–water partition coefficient (Wildman–Crippen LogP) is 4.08. The van der Waals surface area contributed by atoms with E-state index in [9.17, 15) is 19.5 Å². The van der Waals surface area contributed by atoms with Crippen molar-refractivity contribution >= 4 is 39.3 Å². The number of amides is 3. The molecule has 0 radical (unpaired) electrons. The minimum Gasteiger partial charge on any atom is -0.494 e. The van der Waals surface area contributed by atoms with Crippen LogP contribution < -0.4 is 9.64 Å². The average Bonchev–Trinajstić information content (AvgIpc) is 3.62.